The van der Waals surface area contributed by atoms with Crippen LogP contribution in [0.15, 0.2) is 36.5 Å². The highest BCUT2D eigenvalue weighted by Crippen LogP contribution is 2.28. The van der Waals surface area contributed by atoms with Gasteiger partial charge in [0.2, 0.25) is 0 Å². The maximum absolute atomic E-state index is 12.5. The van der Waals surface area contributed by atoms with Crippen LogP contribution >= 0.6 is 0 Å². The molecule has 1 aromatic carbocycles. The molecule has 1 aliphatic carbocycles. The fourth-order valence-electron chi connectivity index (χ4n) is 2.35. The molecule has 2 aromatic rings. The second-order valence-corrected chi connectivity index (χ2v) is 4.93. The highest BCUT2D eigenvalue weighted by molar-refractivity contribution is 5.98. The second-order valence-electron chi connectivity index (χ2n) is 4.93. The highest BCUT2D eigenvalue weighted by atomic mass is 16.2. The van der Waals surface area contributed by atoms with E-state index in [1.165, 1.54) is 0 Å². The van der Waals surface area contributed by atoms with Crippen LogP contribution in [-0.2, 0) is 0 Å². The number of fused-ring (bicyclic) bond motifs is 1. The van der Waals surface area contributed by atoms with Crippen molar-refractivity contribution in [1.82, 2.24) is 9.88 Å². The largest absolute Gasteiger partial charge is 0.334 e. The van der Waals surface area contributed by atoms with Crippen LogP contribution in [0.1, 0.15) is 23.2 Å². The van der Waals surface area contributed by atoms with Gasteiger partial charge >= 0.3 is 0 Å². The van der Waals surface area contributed by atoms with Crippen molar-refractivity contribution in [3.05, 3.63) is 42.1 Å². The fraction of sp³-hybridized carbons (Fsp3) is 0.333. The quantitative estimate of drug-likeness (QED) is 0.906. The van der Waals surface area contributed by atoms with E-state index in [1.807, 2.05) is 35.2 Å². The van der Waals surface area contributed by atoms with E-state index in [0.717, 1.165) is 29.3 Å². The van der Waals surface area contributed by atoms with Crippen molar-refractivity contribution in [2.24, 2.45) is 5.73 Å². The van der Waals surface area contributed by atoms with Gasteiger partial charge in [0.1, 0.15) is 0 Å². The minimum absolute atomic E-state index is 0.0821. The molecular weight excluding hydrogens is 238 g/mol. The Labute approximate surface area is 112 Å². The molecule has 0 bridgehead atoms. The number of carbonyl (C=O) groups is 1. The predicted octanol–water partition coefficient (Wildman–Crippen LogP) is 1.80. The van der Waals surface area contributed by atoms with Gasteiger partial charge in [0.05, 0.1) is 5.52 Å². The van der Waals surface area contributed by atoms with E-state index in [2.05, 4.69) is 4.98 Å². The van der Waals surface area contributed by atoms with Crippen LogP contribution in [0.2, 0.25) is 0 Å². The number of benzene rings is 1. The monoisotopic (exact) mass is 255 g/mol. The van der Waals surface area contributed by atoms with E-state index in [9.17, 15) is 4.79 Å². The van der Waals surface area contributed by atoms with Crippen molar-refractivity contribution >= 4 is 16.8 Å². The maximum Gasteiger partial charge on any atom is 0.254 e. The number of hydrogen-bond acceptors (Lipinski definition) is 3. The molecule has 1 saturated carbocycles. The Bertz CT molecular complexity index is 607. The van der Waals surface area contributed by atoms with Gasteiger partial charge in [0, 0.05) is 36.3 Å². The van der Waals surface area contributed by atoms with Crippen LogP contribution in [0.5, 0.6) is 0 Å². The van der Waals surface area contributed by atoms with E-state index in [1.54, 1.807) is 6.20 Å². The third-order valence-electron chi connectivity index (χ3n) is 3.47. The van der Waals surface area contributed by atoms with Crippen molar-refractivity contribution in [3.63, 3.8) is 0 Å². The van der Waals surface area contributed by atoms with E-state index in [-0.39, 0.29) is 5.91 Å². The van der Waals surface area contributed by atoms with Crippen LogP contribution in [-0.4, -0.2) is 34.9 Å². The number of pyridine rings is 1. The third-order valence-corrected chi connectivity index (χ3v) is 3.47. The van der Waals surface area contributed by atoms with Crippen LogP contribution in [0.4, 0.5) is 0 Å². The molecule has 0 saturated heterocycles. The second kappa shape index (κ2) is 4.97. The molecule has 0 spiro atoms. The summed E-state index contributed by atoms with van der Waals surface area (Å²) in [6.45, 7) is 1.14. The van der Waals surface area contributed by atoms with E-state index < -0.39 is 0 Å². The average molecular weight is 255 g/mol. The van der Waals surface area contributed by atoms with Gasteiger partial charge < -0.3 is 10.6 Å². The fourth-order valence-corrected chi connectivity index (χ4v) is 2.35. The summed E-state index contributed by atoms with van der Waals surface area (Å²) in [5, 5.41) is 0.997. The standard InChI is InChI=1S/C15H17N3O/c16-7-9-18(13-4-5-13)15(19)12-3-6-14-11(10-12)2-1-8-17-14/h1-3,6,8,10,13H,4-5,7,9,16H2. The molecule has 0 atom stereocenters. The van der Waals surface area contributed by atoms with Crippen LogP contribution in [0.25, 0.3) is 10.9 Å². The lowest BCUT2D eigenvalue weighted by Crippen LogP contribution is -2.37. The molecule has 1 aromatic heterocycles. The van der Waals surface area contributed by atoms with Crippen molar-refractivity contribution in [3.8, 4) is 0 Å². The van der Waals surface area contributed by atoms with Crippen molar-refractivity contribution in [2.75, 3.05) is 13.1 Å². The molecule has 4 nitrogen and oxygen atoms in total. The topological polar surface area (TPSA) is 59.2 Å². The SMILES string of the molecule is NCCN(C(=O)c1ccc2ncccc2c1)C1CC1. The summed E-state index contributed by atoms with van der Waals surface area (Å²) in [4.78, 5) is 18.7. The summed E-state index contributed by atoms with van der Waals surface area (Å²) in [5.41, 5.74) is 7.23. The smallest absolute Gasteiger partial charge is 0.254 e. The summed E-state index contributed by atoms with van der Waals surface area (Å²) < 4.78 is 0. The normalized spacial score (nSPS) is 14.6. The number of carbonyl (C=O) groups excluding carboxylic acids is 1. The van der Waals surface area contributed by atoms with E-state index in [4.69, 9.17) is 5.73 Å². The van der Waals surface area contributed by atoms with Gasteiger partial charge in [-0.05, 0) is 37.1 Å². The van der Waals surface area contributed by atoms with Crippen molar-refractivity contribution in [1.29, 1.82) is 0 Å². The molecule has 1 heterocycles. The van der Waals surface area contributed by atoms with E-state index >= 15 is 0 Å². The van der Waals surface area contributed by atoms with Gasteiger partial charge in [-0.1, -0.05) is 6.07 Å². The Kier molecular flexibility index (Phi) is 3.17. The zero-order valence-electron chi connectivity index (χ0n) is 10.7. The first-order valence-electron chi connectivity index (χ1n) is 6.65. The minimum atomic E-state index is 0.0821. The number of hydrogen-bond donors (Lipinski definition) is 1. The molecule has 3 rings (SSSR count). The molecular formula is C15H17N3O. The van der Waals surface area contributed by atoms with E-state index in [0.29, 0.717) is 19.1 Å². The molecule has 1 amide bonds. The zero-order chi connectivity index (χ0) is 13.2. The first kappa shape index (κ1) is 12.1. The molecule has 1 fully saturated rings. The lowest BCUT2D eigenvalue weighted by atomic mass is 10.1. The number of amides is 1. The summed E-state index contributed by atoms with van der Waals surface area (Å²) in [6.07, 6.45) is 3.95. The van der Waals surface area contributed by atoms with Gasteiger partial charge in [-0.2, -0.15) is 0 Å². The number of nitrogens with two attached hydrogens (primary N) is 1. The van der Waals surface area contributed by atoms with Gasteiger partial charge in [0.25, 0.3) is 5.91 Å². The Morgan fingerprint density at radius 2 is 2.21 bits per heavy atom. The maximum atomic E-state index is 12.5. The first-order valence-corrected chi connectivity index (χ1v) is 6.65. The zero-order valence-corrected chi connectivity index (χ0v) is 10.7. The molecule has 1 aliphatic rings. The van der Waals surface area contributed by atoms with Crippen molar-refractivity contribution < 1.29 is 4.79 Å². The number of aromatic nitrogens is 1. The predicted molar refractivity (Wildman–Crippen MR) is 74.9 cm³/mol. The Hall–Kier alpha value is -1.94. The number of nitrogens with zero attached hydrogens (tertiary/aromatic N) is 2. The van der Waals surface area contributed by atoms with Gasteiger partial charge in [0.15, 0.2) is 0 Å². The lowest BCUT2D eigenvalue weighted by molar-refractivity contribution is 0.0748. The summed E-state index contributed by atoms with van der Waals surface area (Å²) in [7, 11) is 0. The third kappa shape index (κ3) is 2.44. The van der Waals surface area contributed by atoms with Crippen molar-refractivity contribution in [2.45, 2.75) is 18.9 Å². The van der Waals surface area contributed by atoms with Crippen LogP contribution in [0, 0.1) is 0 Å². The van der Waals surface area contributed by atoms with Gasteiger partial charge in [-0.25, -0.2) is 0 Å². The Morgan fingerprint density at radius 3 is 2.95 bits per heavy atom. The Morgan fingerprint density at radius 1 is 1.37 bits per heavy atom. The molecule has 98 valence electrons. The summed E-state index contributed by atoms with van der Waals surface area (Å²) in [5.74, 6) is 0.0821. The molecule has 0 radical (unpaired) electrons. The van der Waals surface area contributed by atoms with Gasteiger partial charge in [-0.15, -0.1) is 0 Å². The lowest BCUT2D eigenvalue weighted by Gasteiger charge is -2.21. The number of rotatable bonds is 4. The summed E-state index contributed by atoms with van der Waals surface area (Å²) in [6, 6.07) is 9.91. The molecule has 0 unspecified atom stereocenters. The average Bonchev–Trinajstić information content (AvgIpc) is 3.28. The van der Waals surface area contributed by atoms with Crippen LogP contribution < -0.4 is 5.73 Å². The minimum Gasteiger partial charge on any atom is -0.334 e. The molecule has 0 aliphatic heterocycles. The van der Waals surface area contributed by atoms with Gasteiger partial charge in [-0.3, -0.25) is 9.78 Å². The molecule has 19 heavy (non-hydrogen) atoms. The molecule has 2 N–H and O–H groups in total. The molecule has 4 heteroatoms. The highest BCUT2D eigenvalue weighted by Gasteiger charge is 2.32. The first-order chi connectivity index (χ1) is 9.29. The Balaban J connectivity index is 1.91. The summed E-state index contributed by atoms with van der Waals surface area (Å²) >= 11 is 0. The van der Waals surface area contributed by atoms with Crippen LogP contribution in [0.3, 0.4) is 0 Å².